The standard InChI is InChI=1S/C15H20Cl2N2O/c1-11(15(20)19-9-4-2-3-5-10-19)18-14-12(16)7-6-8-13(14)17/h6-8,11,18H,2-5,9-10H2,1H3. The Kier molecular flexibility index (Phi) is 5.55. The molecule has 1 fully saturated rings. The van der Waals surface area contributed by atoms with Gasteiger partial charge in [-0.2, -0.15) is 0 Å². The lowest BCUT2D eigenvalue weighted by atomic mass is 10.2. The van der Waals surface area contributed by atoms with Crippen LogP contribution in [0.2, 0.25) is 10.0 Å². The summed E-state index contributed by atoms with van der Waals surface area (Å²) in [5, 5.41) is 4.21. The molecule has 0 aromatic heterocycles. The Bertz CT molecular complexity index is 451. The van der Waals surface area contributed by atoms with Crippen LogP contribution in [-0.4, -0.2) is 29.9 Å². The lowest BCUT2D eigenvalue weighted by Gasteiger charge is -2.25. The van der Waals surface area contributed by atoms with Crippen LogP contribution in [-0.2, 0) is 4.79 Å². The van der Waals surface area contributed by atoms with Gasteiger partial charge in [0.25, 0.3) is 0 Å². The third-order valence-electron chi connectivity index (χ3n) is 3.61. The molecule has 1 aliphatic rings. The summed E-state index contributed by atoms with van der Waals surface area (Å²) in [5.41, 5.74) is 0.631. The summed E-state index contributed by atoms with van der Waals surface area (Å²) in [6, 6.07) is 4.99. The molecule has 1 saturated heterocycles. The number of rotatable bonds is 3. The summed E-state index contributed by atoms with van der Waals surface area (Å²) in [6.45, 7) is 3.55. The number of nitrogens with zero attached hydrogens (tertiary/aromatic N) is 1. The van der Waals surface area contributed by atoms with Crippen LogP contribution >= 0.6 is 23.2 Å². The number of carbonyl (C=O) groups is 1. The number of halogens is 2. The Labute approximate surface area is 130 Å². The monoisotopic (exact) mass is 314 g/mol. The van der Waals surface area contributed by atoms with E-state index in [2.05, 4.69) is 5.32 Å². The molecule has 0 saturated carbocycles. The van der Waals surface area contributed by atoms with Crippen molar-refractivity contribution in [1.29, 1.82) is 0 Å². The largest absolute Gasteiger partial charge is 0.371 e. The van der Waals surface area contributed by atoms with Gasteiger partial charge in [0.15, 0.2) is 0 Å². The van der Waals surface area contributed by atoms with Gasteiger partial charge in [-0.3, -0.25) is 4.79 Å². The van der Waals surface area contributed by atoms with Gasteiger partial charge >= 0.3 is 0 Å². The van der Waals surface area contributed by atoms with Crippen LogP contribution in [0.15, 0.2) is 18.2 Å². The zero-order valence-corrected chi connectivity index (χ0v) is 13.2. The molecule has 1 amide bonds. The number of nitrogens with one attached hydrogen (secondary N) is 1. The molecule has 5 heteroatoms. The first-order chi connectivity index (χ1) is 9.59. The van der Waals surface area contributed by atoms with Gasteiger partial charge < -0.3 is 10.2 Å². The highest BCUT2D eigenvalue weighted by Gasteiger charge is 2.22. The molecule has 1 aromatic carbocycles. The molecular formula is C15H20Cl2N2O. The molecule has 1 atom stereocenters. The van der Waals surface area contributed by atoms with E-state index in [0.29, 0.717) is 15.7 Å². The average Bonchev–Trinajstić information content (AvgIpc) is 2.71. The topological polar surface area (TPSA) is 32.3 Å². The molecule has 1 N–H and O–H groups in total. The first kappa shape index (κ1) is 15.5. The fourth-order valence-electron chi connectivity index (χ4n) is 2.48. The maximum atomic E-state index is 12.5. The molecule has 0 spiro atoms. The van der Waals surface area contributed by atoms with Crippen molar-refractivity contribution in [2.45, 2.75) is 38.6 Å². The van der Waals surface area contributed by atoms with Gasteiger partial charge in [0.1, 0.15) is 6.04 Å². The van der Waals surface area contributed by atoms with Crippen molar-refractivity contribution in [3.8, 4) is 0 Å². The van der Waals surface area contributed by atoms with Gasteiger partial charge in [-0.25, -0.2) is 0 Å². The summed E-state index contributed by atoms with van der Waals surface area (Å²) in [5.74, 6) is 0.114. The summed E-state index contributed by atoms with van der Waals surface area (Å²) < 4.78 is 0. The van der Waals surface area contributed by atoms with Crippen LogP contribution < -0.4 is 5.32 Å². The number of carbonyl (C=O) groups excluding carboxylic acids is 1. The molecule has 1 heterocycles. The molecule has 1 aliphatic heterocycles. The van der Waals surface area contributed by atoms with Crippen LogP contribution in [0.1, 0.15) is 32.6 Å². The molecule has 0 bridgehead atoms. The predicted octanol–water partition coefficient (Wildman–Crippen LogP) is 4.20. The number of hydrogen-bond donors (Lipinski definition) is 1. The van der Waals surface area contributed by atoms with Crippen LogP contribution in [0, 0.1) is 0 Å². The van der Waals surface area contributed by atoms with E-state index in [1.54, 1.807) is 18.2 Å². The second kappa shape index (κ2) is 7.19. The quantitative estimate of drug-likeness (QED) is 0.907. The highest BCUT2D eigenvalue weighted by molar-refractivity contribution is 6.39. The Balaban J connectivity index is 2.03. The highest BCUT2D eigenvalue weighted by Crippen LogP contribution is 2.30. The first-order valence-corrected chi connectivity index (χ1v) is 7.84. The second-order valence-electron chi connectivity index (χ2n) is 5.20. The van der Waals surface area contributed by atoms with Crippen molar-refractivity contribution < 1.29 is 4.79 Å². The molecule has 20 heavy (non-hydrogen) atoms. The third-order valence-corrected chi connectivity index (χ3v) is 4.24. The average molecular weight is 315 g/mol. The highest BCUT2D eigenvalue weighted by atomic mass is 35.5. The van der Waals surface area contributed by atoms with E-state index < -0.39 is 0 Å². The van der Waals surface area contributed by atoms with Crippen molar-refractivity contribution in [3.63, 3.8) is 0 Å². The minimum atomic E-state index is -0.328. The third kappa shape index (κ3) is 3.80. The van der Waals surface area contributed by atoms with Gasteiger partial charge in [0, 0.05) is 13.1 Å². The SMILES string of the molecule is CC(Nc1c(Cl)cccc1Cl)C(=O)N1CCCCCC1. The van der Waals surface area contributed by atoms with E-state index in [1.165, 1.54) is 12.8 Å². The summed E-state index contributed by atoms with van der Waals surface area (Å²) in [4.78, 5) is 14.4. The Hall–Kier alpha value is -0.930. The molecular weight excluding hydrogens is 295 g/mol. The lowest BCUT2D eigenvalue weighted by Crippen LogP contribution is -2.41. The summed E-state index contributed by atoms with van der Waals surface area (Å²) in [6.07, 6.45) is 4.60. The van der Waals surface area contributed by atoms with Crippen LogP contribution in [0.4, 0.5) is 5.69 Å². The maximum Gasteiger partial charge on any atom is 0.244 e. The zero-order valence-electron chi connectivity index (χ0n) is 11.7. The summed E-state index contributed by atoms with van der Waals surface area (Å²) >= 11 is 12.2. The van der Waals surface area contributed by atoms with E-state index in [4.69, 9.17) is 23.2 Å². The number of para-hydroxylation sites is 1. The van der Waals surface area contributed by atoms with Crippen LogP contribution in [0.3, 0.4) is 0 Å². The second-order valence-corrected chi connectivity index (χ2v) is 6.02. The number of benzene rings is 1. The number of amides is 1. The lowest BCUT2D eigenvalue weighted by molar-refractivity contribution is -0.131. The number of likely N-dealkylation sites (tertiary alicyclic amines) is 1. The summed E-state index contributed by atoms with van der Waals surface area (Å²) in [7, 11) is 0. The Morgan fingerprint density at radius 3 is 2.25 bits per heavy atom. The molecule has 0 aliphatic carbocycles. The van der Waals surface area contributed by atoms with Gasteiger partial charge in [-0.15, -0.1) is 0 Å². The van der Waals surface area contributed by atoms with Crippen molar-refractivity contribution in [2.24, 2.45) is 0 Å². The molecule has 1 unspecified atom stereocenters. The first-order valence-electron chi connectivity index (χ1n) is 7.09. The van der Waals surface area contributed by atoms with Gasteiger partial charge in [-0.05, 0) is 31.9 Å². The molecule has 0 radical (unpaired) electrons. The minimum absolute atomic E-state index is 0.114. The number of anilines is 1. The molecule has 1 aromatic rings. The zero-order chi connectivity index (χ0) is 14.5. The number of hydrogen-bond acceptors (Lipinski definition) is 2. The van der Waals surface area contributed by atoms with Crippen molar-refractivity contribution >= 4 is 34.8 Å². The van der Waals surface area contributed by atoms with Gasteiger partial charge in [-0.1, -0.05) is 42.1 Å². The van der Waals surface area contributed by atoms with Crippen LogP contribution in [0.25, 0.3) is 0 Å². The molecule has 2 rings (SSSR count). The smallest absolute Gasteiger partial charge is 0.244 e. The van der Waals surface area contributed by atoms with Crippen LogP contribution in [0.5, 0.6) is 0 Å². The predicted molar refractivity (Wildman–Crippen MR) is 84.6 cm³/mol. The van der Waals surface area contributed by atoms with Crippen molar-refractivity contribution in [3.05, 3.63) is 28.2 Å². The Morgan fingerprint density at radius 2 is 1.70 bits per heavy atom. The van der Waals surface area contributed by atoms with Crippen molar-refractivity contribution in [1.82, 2.24) is 4.90 Å². The normalized spacial score (nSPS) is 17.4. The molecule has 3 nitrogen and oxygen atoms in total. The minimum Gasteiger partial charge on any atom is -0.371 e. The van der Waals surface area contributed by atoms with Gasteiger partial charge in [0.2, 0.25) is 5.91 Å². The van der Waals surface area contributed by atoms with E-state index >= 15 is 0 Å². The van der Waals surface area contributed by atoms with Gasteiger partial charge in [0.05, 0.1) is 15.7 Å². The van der Waals surface area contributed by atoms with E-state index in [0.717, 1.165) is 25.9 Å². The Morgan fingerprint density at radius 1 is 1.15 bits per heavy atom. The maximum absolute atomic E-state index is 12.5. The molecule has 110 valence electrons. The fourth-order valence-corrected chi connectivity index (χ4v) is 2.99. The van der Waals surface area contributed by atoms with E-state index in [9.17, 15) is 4.79 Å². The van der Waals surface area contributed by atoms with Crippen molar-refractivity contribution in [2.75, 3.05) is 18.4 Å². The van der Waals surface area contributed by atoms with E-state index in [1.807, 2.05) is 11.8 Å². The van der Waals surface area contributed by atoms with E-state index in [-0.39, 0.29) is 11.9 Å². The fraction of sp³-hybridized carbons (Fsp3) is 0.533.